The van der Waals surface area contributed by atoms with Crippen LogP contribution in [-0.4, -0.2) is 33.2 Å². The van der Waals surface area contributed by atoms with Crippen LogP contribution in [0.1, 0.15) is 20.3 Å². The highest BCUT2D eigenvalue weighted by Crippen LogP contribution is 2.25. The smallest absolute Gasteiger partial charge is 0.331 e. The number of carboxylic acids is 3. The molecule has 6 nitrogen and oxygen atoms in total. The van der Waals surface area contributed by atoms with Gasteiger partial charge in [0.15, 0.2) is 0 Å². The molecule has 0 saturated carbocycles. The van der Waals surface area contributed by atoms with Gasteiger partial charge < -0.3 is 15.3 Å². The predicted molar refractivity (Wildman–Crippen MR) is 49.4 cm³/mol. The van der Waals surface area contributed by atoms with Crippen molar-refractivity contribution in [1.82, 2.24) is 0 Å². The van der Waals surface area contributed by atoms with E-state index in [9.17, 15) is 14.4 Å². The highest BCUT2D eigenvalue weighted by molar-refractivity contribution is 5.95. The first-order valence-electron chi connectivity index (χ1n) is 4.07. The summed E-state index contributed by atoms with van der Waals surface area (Å²) in [4.78, 5) is 31.6. The second-order valence-electron chi connectivity index (χ2n) is 3.68. The third-order valence-corrected chi connectivity index (χ3v) is 1.78. The van der Waals surface area contributed by atoms with E-state index in [0.717, 1.165) is 0 Å². The average molecular weight is 216 g/mol. The van der Waals surface area contributed by atoms with Gasteiger partial charge in [-0.1, -0.05) is 0 Å². The molecule has 0 unspecified atom stereocenters. The lowest BCUT2D eigenvalue weighted by Gasteiger charge is -2.18. The molecule has 0 bridgehead atoms. The van der Waals surface area contributed by atoms with E-state index in [0.29, 0.717) is 6.08 Å². The lowest BCUT2D eigenvalue weighted by molar-refractivity contribution is -0.147. The zero-order valence-corrected chi connectivity index (χ0v) is 8.35. The third kappa shape index (κ3) is 4.26. The van der Waals surface area contributed by atoms with Crippen molar-refractivity contribution in [3.8, 4) is 0 Å². The van der Waals surface area contributed by atoms with Crippen LogP contribution in [0.15, 0.2) is 11.6 Å². The largest absolute Gasteiger partial charge is 0.481 e. The summed E-state index contributed by atoms with van der Waals surface area (Å²) in [5.41, 5.74) is -1.74. The zero-order valence-electron chi connectivity index (χ0n) is 8.35. The van der Waals surface area contributed by atoms with E-state index >= 15 is 0 Å². The van der Waals surface area contributed by atoms with Gasteiger partial charge in [0.05, 0.1) is 5.41 Å². The van der Waals surface area contributed by atoms with Crippen molar-refractivity contribution in [2.75, 3.05) is 0 Å². The molecule has 0 heterocycles. The van der Waals surface area contributed by atoms with Gasteiger partial charge in [0.25, 0.3) is 0 Å². The summed E-state index contributed by atoms with van der Waals surface area (Å²) in [5.74, 6) is -4.01. The first kappa shape index (κ1) is 13.2. The molecule has 84 valence electrons. The maximum absolute atomic E-state index is 10.7. The molecule has 6 heteroatoms. The number of carbonyl (C=O) groups is 3. The summed E-state index contributed by atoms with van der Waals surface area (Å²) in [6, 6.07) is 0. The van der Waals surface area contributed by atoms with E-state index in [2.05, 4.69) is 0 Å². The van der Waals surface area contributed by atoms with Gasteiger partial charge in [0, 0.05) is 11.6 Å². The van der Waals surface area contributed by atoms with Gasteiger partial charge in [0.1, 0.15) is 0 Å². The fourth-order valence-electron chi connectivity index (χ4n) is 0.889. The van der Waals surface area contributed by atoms with Crippen molar-refractivity contribution in [3.63, 3.8) is 0 Å². The molecule has 0 spiro atoms. The molecule has 3 N–H and O–H groups in total. The standard InChI is InChI=1S/C9H12O6/c1-9(2,8(14)15)4-5(7(12)13)3-6(10)11/h3H,4H2,1-2H3,(H,10,11)(H,12,13)(H,14,15). The molecule has 0 amide bonds. The molecule has 0 saturated heterocycles. The Hall–Kier alpha value is -1.85. The van der Waals surface area contributed by atoms with Gasteiger partial charge in [-0.2, -0.15) is 0 Å². The van der Waals surface area contributed by atoms with E-state index in [1.807, 2.05) is 0 Å². The lowest BCUT2D eigenvalue weighted by Crippen LogP contribution is -2.26. The van der Waals surface area contributed by atoms with Gasteiger partial charge in [0.2, 0.25) is 0 Å². The minimum absolute atomic E-state index is 0.343. The van der Waals surface area contributed by atoms with E-state index < -0.39 is 28.9 Å². The first-order valence-corrected chi connectivity index (χ1v) is 4.07. The number of hydrogen-bond donors (Lipinski definition) is 3. The van der Waals surface area contributed by atoms with E-state index in [4.69, 9.17) is 15.3 Å². The SMILES string of the molecule is CC(C)(CC(=CC(=O)O)C(=O)O)C(=O)O. The normalized spacial score (nSPS) is 12.3. The molecule has 0 radical (unpaired) electrons. The summed E-state index contributed by atoms with van der Waals surface area (Å²) < 4.78 is 0. The van der Waals surface area contributed by atoms with Gasteiger partial charge in [-0.05, 0) is 20.3 Å². The maximum Gasteiger partial charge on any atom is 0.331 e. The van der Waals surface area contributed by atoms with Crippen molar-refractivity contribution >= 4 is 17.9 Å². The van der Waals surface area contributed by atoms with Gasteiger partial charge in [-0.3, -0.25) is 4.79 Å². The Kier molecular flexibility index (Phi) is 4.02. The van der Waals surface area contributed by atoms with Crippen molar-refractivity contribution in [1.29, 1.82) is 0 Å². The zero-order chi connectivity index (χ0) is 12.2. The molecular weight excluding hydrogens is 204 g/mol. The number of rotatable bonds is 5. The number of hydrogen-bond acceptors (Lipinski definition) is 3. The summed E-state index contributed by atoms with van der Waals surface area (Å²) in [6.07, 6.45) is 0.164. The highest BCUT2D eigenvalue weighted by Gasteiger charge is 2.30. The molecule has 0 aromatic heterocycles. The molecule has 0 rings (SSSR count). The quantitative estimate of drug-likeness (QED) is 0.579. The Morgan fingerprint density at radius 2 is 1.60 bits per heavy atom. The fourth-order valence-corrected chi connectivity index (χ4v) is 0.889. The van der Waals surface area contributed by atoms with Gasteiger partial charge in [-0.15, -0.1) is 0 Å². The summed E-state index contributed by atoms with van der Waals surface area (Å²) in [7, 11) is 0. The van der Waals surface area contributed by atoms with Crippen LogP contribution in [0.25, 0.3) is 0 Å². The monoisotopic (exact) mass is 216 g/mol. The van der Waals surface area contributed by atoms with Crippen molar-refractivity contribution in [2.24, 2.45) is 5.41 Å². The molecule has 0 aromatic carbocycles. The van der Waals surface area contributed by atoms with Gasteiger partial charge in [-0.25, -0.2) is 9.59 Å². The Labute approximate surface area is 85.8 Å². The lowest BCUT2D eigenvalue weighted by atomic mass is 9.85. The summed E-state index contributed by atoms with van der Waals surface area (Å²) in [5, 5.41) is 25.8. The Bertz CT molecular complexity index is 325. The molecule has 0 aromatic rings. The molecule has 15 heavy (non-hydrogen) atoms. The minimum atomic E-state index is -1.42. The van der Waals surface area contributed by atoms with Crippen LogP contribution in [0.2, 0.25) is 0 Å². The third-order valence-electron chi connectivity index (χ3n) is 1.78. The van der Waals surface area contributed by atoms with Crippen molar-refractivity contribution in [2.45, 2.75) is 20.3 Å². The molecule has 0 aliphatic heterocycles. The summed E-state index contributed by atoms with van der Waals surface area (Å²) in [6.45, 7) is 2.65. The summed E-state index contributed by atoms with van der Waals surface area (Å²) >= 11 is 0. The second-order valence-corrected chi connectivity index (χ2v) is 3.68. The Morgan fingerprint density at radius 1 is 1.13 bits per heavy atom. The van der Waals surface area contributed by atoms with Crippen LogP contribution in [0, 0.1) is 5.41 Å². The maximum atomic E-state index is 10.7. The van der Waals surface area contributed by atoms with E-state index in [1.54, 1.807) is 0 Å². The van der Waals surface area contributed by atoms with Gasteiger partial charge >= 0.3 is 17.9 Å². The Morgan fingerprint density at radius 3 is 1.87 bits per heavy atom. The average Bonchev–Trinajstić information content (AvgIpc) is 2.01. The second kappa shape index (κ2) is 4.59. The van der Waals surface area contributed by atoms with Crippen LogP contribution in [0.4, 0.5) is 0 Å². The number of aliphatic carboxylic acids is 3. The molecule has 0 aliphatic rings. The molecule has 0 fully saturated rings. The molecule has 0 atom stereocenters. The predicted octanol–water partition coefficient (Wildman–Crippen LogP) is 0.583. The highest BCUT2D eigenvalue weighted by atomic mass is 16.4. The van der Waals surface area contributed by atoms with Crippen LogP contribution in [0.5, 0.6) is 0 Å². The van der Waals surface area contributed by atoms with E-state index in [-0.39, 0.29) is 6.42 Å². The van der Waals surface area contributed by atoms with Crippen LogP contribution in [-0.2, 0) is 14.4 Å². The number of carboxylic acid groups (broad SMARTS) is 3. The Balaban J connectivity index is 4.94. The van der Waals surface area contributed by atoms with Crippen LogP contribution < -0.4 is 0 Å². The van der Waals surface area contributed by atoms with E-state index in [1.165, 1.54) is 13.8 Å². The molecule has 0 aliphatic carbocycles. The first-order chi connectivity index (χ1) is 6.66. The van der Waals surface area contributed by atoms with Crippen molar-refractivity contribution in [3.05, 3.63) is 11.6 Å². The topological polar surface area (TPSA) is 112 Å². The fraction of sp³-hybridized carbons (Fsp3) is 0.444. The minimum Gasteiger partial charge on any atom is -0.481 e. The van der Waals surface area contributed by atoms with Crippen molar-refractivity contribution < 1.29 is 29.7 Å². The molecular formula is C9H12O6. The van der Waals surface area contributed by atoms with Crippen LogP contribution in [0.3, 0.4) is 0 Å². The van der Waals surface area contributed by atoms with Crippen LogP contribution >= 0.6 is 0 Å².